The van der Waals surface area contributed by atoms with Crippen molar-refractivity contribution in [2.75, 3.05) is 0 Å². The second kappa shape index (κ2) is 3.11. The Morgan fingerprint density at radius 3 is 2.60 bits per heavy atom. The molecule has 1 aromatic rings. The number of hydrogen-bond donors (Lipinski definition) is 1. The third-order valence-corrected chi connectivity index (χ3v) is 2.59. The highest BCUT2D eigenvalue weighted by molar-refractivity contribution is 9.10. The minimum Gasteiger partial charge on any atom is -0.206 e. The molecule has 10 heavy (non-hydrogen) atoms. The van der Waals surface area contributed by atoms with E-state index >= 15 is 0 Å². The zero-order valence-electron chi connectivity index (χ0n) is 4.74. The molecule has 0 saturated carbocycles. The first-order valence-corrected chi connectivity index (χ1v) is 4.06. The molecule has 0 aliphatic rings. The van der Waals surface area contributed by atoms with Gasteiger partial charge in [0.25, 0.3) is 0 Å². The molecule has 0 heterocycles. The quantitative estimate of drug-likeness (QED) is 0.660. The number of thiol groups is 1. The zero-order chi connectivity index (χ0) is 7.72. The molecule has 4 heteroatoms. The van der Waals surface area contributed by atoms with Gasteiger partial charge in [-0.1, -0.05) is 11.6 Å². The van der Waals surface area contributed by atoms with Gasteiger partial charge in [0.15, 0.2) is 0 Å². The maximum atomic E-state index is 12.6. The summed E-state index contributed by atoms with van der Waals surface area (Å²) in [7, 11) is 0. The highest BCUT2D eigenvalue weighted by Gasteiger charge is 2.03. The molecular weight excluding hydrogens is 238 g/mol. The fraction of sp³-hybridized carbons (Fsp3) is 0. The van der Waals surface area contributed by atoms with Crippen LogP contribution in [0.5, 0.6) is 0 Å². The first-order chi connectivity index (χ1) is 4.61. The normalized spacial score (nSPS) is 10.0. The van der Waals surface area contributed by atoms with Crippen LogP contribution in [0.1, 0.15) is 0 Å². The van der Waals surface area contributed by atoms with E-state index in [1.165, 1.54) is 6.07 Å². The van der Waals surface area contributed by atoms with E-state index in [1.807, 2.05) is 0 Å². The second-order valence-corrected chi connectivity index (χ2v) is 3.46. The summed E-state index contributed by atoms with van der Waals surface area (Å²) in [6, 6.07) is 2.81. The van der Waals surface area contributed by atoms with Crippen LogP contribution >= 0.6 is 40.2 Å². The fourth-order valence-electron chi connectivity index (χ4n) is 0.535. The molecule has 0 aliphatic heterocycles. The Morgan fingerprint density at radius 2 is 2.10 bits per heavy atom. The van der Waals surface area contributed by atoms with Crippen LogP contribution in [0.3, 0.4) is 0 Å². The Balaban J connectivity index is 3.31. The summed E-state index contributed by atoms with van der Waals surface area (Å²) in [6.45, 7) is 0. The van der Waals surface area contributed by atoms with Gasteiger partial charge in [-0.2, -0.15) is 0 Å². The molecular formula is C6H3BrClFS. The van der Waals surface area contributed by atoms with Crippen LogP contribution in [-0.4, -0.2) is 0 Å². The summed E-state index contributed by atoms with van der Waals surface area (Å²) < 4.78 is 13.2. The van der Waals surface area contributed by atoms with E-state index in [2.05, 4.69) is 28.6 Å². The van der Waals surface area contributed by atoms with E-state index in [1.54, 1.807) is 6.07 Å². The molecule has 0 amide bonds. The summed E-state index contributed by atoms with van der Waals surface area (Å²) in [5, 5.41) is 0.363. The minimum absolute atomic E-state index is 0.282. The van der Waals surface area contributed by atoms with Gasteiger partial charge < -0.3 is 0 Å². The lowest BCUT2D eigenvalue weighted by molar-refractivity contribution is 0.601. The number of hydrogen-bond acceptors (Lipinski definition) is 1. The second-order valence-electron chi connectivity index (χ2n) is 1.72. The molecule has 1 rings (SSSR count). The van der Waals surface area contributed by atoms with Gasteiger partial charge >= 0.3 is 0 Å². The third kappa shape index (κ3) is 1.65. The van der Waals surface area contributed by atoms with Crippen LogP contribution in [0.25, 0.3) is 0 Å². The highest BCUT2D eigenvalue weighted by atomic mass is 79.9. The van der Waals surface area contributed by atoms with Crippen molar-refractivity contribution in [3.63, 3.8) is 0 Å². The zero-order valence-corrected chi connectivity index (χ0v) is 7.97. The van der Waals surface area contributed by atoms with Gasteiger partial charge in [-0.05, 0) is 28.1 Å². The lowest BCUT2D eigenvalue weighted by Gasteiger charge is -1.98. The molecule has 0 spiro atoms. The predicted octanol–water partition coefficient (Wildman–Crippen LogP) is 3.53. The van der Waals surface area contributed by atoms with Crippen LogP contribution < -0.4 is 0 Å². The molecule has 0 aromatic heterocycles. The predicted molar refractivity (Wildman–Crippen MR) is 46.4 cm³/mol. The van der Waals surface area contributed by atoms with Gasteiger partial charge in [0, 0.05) is 9.50 Å². The Hall–Kier alpha value is 0.270. The Labute approximate surface area is 76.9 Å². The van der Waals surface area contributed by atoms with Crippen molar-refractivity contribution in [1.29, 1.82) is 0 Å². The first kappa shape index (κ1) is 8.37. The van der Waals surface area contributed by atoms with Crippen molar-refractivity contribution in [1.82, 2.24) is 0 Å². The molecule has 54 valence electrons. The number of rotatable bonds is 0. The molecule has 0 unspecified atom stereocenters. The van der Waals surface area contributed by atoms with Gasteiger partial charge in [0.1, 0.15) is 5.82 Å². The topological polar surface area (TPSA) is 0 Å². The van der Waals surface area contributed by atoms with Crippen LogP contribution in [0.2, 0.25) is 5.02 Å². The van der Waals surface area contributed by atoms with Crippen molar-refractivity contribution in [3.05, 3.63) is 27.4 Å². The lowest BCUT2D eigenvalue weighted by Crippen LogP contribution is -1.78. The molecule has 0 radical (unpaired) electrons. The third-order valence-electron chi connectivity index (χ3n) is 0.982. The Morgan fingerprint density at radius 1 is 1.50 bits per heavy atom. The Bertz CT molecular complexity index is 241. The number of halogens is 3. The average Bonchev–Trinajstić information content (AvgIpc) is 1.82. The lowest BCUT2D eigenvalue weighted by atomic mass is 10.3. The van der Waals surface area contributed by atoms with E-state index in [4.69, 9.17) is 11.6 Å². The molecule has 0 atom stereocenters. The summed E-state index contributed by atoms with van der Waals surface area (Å²) >= 11 is 12.5. The summed E-state index contributed by atoms with van der Waals surface area (Å²) in [4.78, 5) is 0.282. The van der Waals surface area contributed by atoms with Crippen LogP contribution in [0, 0.1) is 5.82 Å². The number of benzene rings is 1. The summed E-state index contributed by atoms with van der Waals surface area (Å²) in [5.41, 5.74) is 0. The summed E-state index contributed by atoms with van der Waals surface area (Å²) in [5.74, 6) is -0.414. The monoisotopic (exact) mass is 240 g/mol. The van der Waals surface area contributed by atoms with E-state index < -0.39 is 5.82 Å². The van der Waals surface area contributed by atoms with Gasteiger partial charge in [0.2, 0.25) is 0 Å². The van der Waals surface area contributed by atoms with Gasteiger partial charge in [-0.15, -0.1) is 12.6 Å². The van der Waals surface area contributed by atoms with Crippen LogP contribution in [0.15, 0.2) is 21.5 Å². The summed E-state index contributed by atoms with van der Waals surface area (Å²) in [6.07, 6.45) is 0. The average molecular weight is 242 g/mol. The van der Waals surface area contributed by atoms with Crippen LogP contribution in [0.4, 0.5) is 4.39 Å². The standard InChI is InChI=1S/C6H3BrClFS/c7-4-1-3(8)2-5(9)6(4)10/h1-2,10H. The maximum Gasteiger partial charge on any atom is 0.139 e. The molecule has 0 saturated heterocycles. The SMILES string of the molecule is Fc1cc(Cl)cc(Br)c1S. The van der Waals surface area contributed by atoms with Gasteiger partial charge in [-0.25, -0.2) is 4.39 Å². The van der Waals surface area contributed by atoms with Gasteiger partial charge in [-0.3, -0.25) is 0 Å². The molecule has 0 aliphatic carbocycles. The molecule has 1 aromatic carbocycles. The fourth-order valence-corrected chi connectivity index (χ4v) is 1.44. The molecule has 0 N–H and O–H groups in total. The minimum atomic E-state index is -0.414. The molecule has 0 fully saturated rings. The largest absolute Gasteiger partial charge is 0.206 e. The van der Waals surface area contributed by atoms with Crippen molar-refractivity contribution in [2.45, 2.75) is 4.90 Å². The van der Waals surface area contributed by atoms with E-state index in [0.29, 0.717) is 9.50 Å². The van der Waals surface area contributed by atoms with Crippen molar-refractivity contribution in [3.8, 4) is 0 Å². The smallest absolute Gasteiger partial charge is 0.139 e. The van der Waals surface area contributed by atoms with E-state index in [9.17, 15) is 4.39 Å². The van der Waals surface area contributed by atoms with Crippen LogP contribution in [-0.2, 0) is 0 Å². The van der Waals surface area contributed by atoms with E-state index in [0.717, 1.165) is 0 Å². The van der Waals surface area contributed by atoms with E-state index in [-0.39, 0.29) is 4.90 Å². The first-order valence-electron chi connectivity index (χ1n) is 2.45. The molecule has 0 nitrogen and oxygen atoms in total. The van der Waals surface area contributed by atoms with Crippen molar-refractivity contribution < 1.29 is 4.39 Å². The Kier molecular flexibility index (Phi) is 2.61. The molecule has 0 bridgehead atoms. The maximum absolute atomic E-state index is 12.6. The van der Waals surface area contributed by atoms with Crippen molar-refractivity contribution >= 4 is 40.2 Å². The highest BCUT2D eigenvalue weighted by Crippen LogP contribution is 2.27. The van der Waals surface area contributed by atoms with Crippen molar-refractivity contribution in [2.24, 2.45) is 0 Å². The van der Waals surface area contributed by atoms with Gasteiger partial charge in [0.05, 0.1) is 4.90 Å².